The number of likely N-dealkylation sites (N-methyl/N-ethyl adjacent to an activating group) is 2. The van der Waals surface area contributed by atoms with Gasteiger partial charge in [0.1, 0.15) is 56.5 Å². The molecule has 2 aliphatic rings. The van der Waals surface area contributed by atoms with Crippen LogP contribution in [0.25, 0.3) is 12.2 Å². The summed E-state index contributed by atoms with van der Waals surface area (Å²) >= 11 is 0. The summed E-state index contributed by atoms with van der Waals surface area (Å²) in [7, 11) is 11.5. The van der Waals surface area contributed by atoms with Gasteiger partial charge in [-0.25, -0.2) is 8.42 Å². The zero-order valence-electron chi connectivity index (χ0n) is 47.6. The van der Waals surface area contributed by atoms with E-state index in [4.69, 9.17) is 37.9 Å². The molecule has 0 radical (unpaired) electrons. The van der Waals surface area contributed by atoms with Crippen molar-refractivity contribution in [3.05, 3.63) is 155 Å². The number of nitrogens with zero attached hydrogens (tertiary/aromatic N) is 4. The first-order valence-corrected chi connectivity index (χ1v) is 28.0. The van der Waals surface area contributed by atoms with Crippen LogP contribution in [0.3, 0.4) is 0 Å². The van der Waals surface area contributed by atoms with Crippen LogP contribution in [0.4, 0.5) is 22.7 Å². The van der Waals surface area contributed by atoms with Gasteiger partial charge in [0.25, 0.3) is 11.8 Å². The molecule has 2 heterocycles. The molecule has 0 spiro atoms. The Bertz CT molecular complexity index is 3110. The number of piperazine rings is 2. The third kappa shape index (κ3) is 13.3. The van der Waals surface area contributed by atoms with Gasteiger partial charge in [0.05, 0.1) is 90.5 Å². The Labute approximate surface area is 475 Å². The number of amides is 2. The highest BCUT2D eigenvalue weighted by Gasteiger charge is 2.36. The van der Waals surface area contributed by atoms with Crippen LogP contribution < -0.4 is 58.3 Å². The predicted molar refractivity (Wildman–Crippen MR) is 319 cm³/mol. The highest BCUT2D eigenvalue weighted by atomic mass is 32.2. The molecule has 8 rings (SSSR count). The van der Waals surface area contributed by atoms with Crippen LogP contribution >= 0.6 is 0 Å². The first kappa shape index (κ1) is 58.8. The van der Waals surface area contributed by atoms with Crippen LogP contribution in [0.5, 0.6) is 46.0 Å². The predicted octanol–water partition coefficient (Wildman–Crippen LogP) is 9.39. The van der Waals surface area contributed by atoms with Crippen molar-refractivity contribution in [2.45, 2.75) is 10.5 Å². The third-order valence-corrected chi connectivity index (χ3v) is 16.9. The lowest BCUT2D eigenvalue weighted by Gasteiger charge is -2.35. The minimum atomic E-state index is -4.61. The summed E-state index contributed by atoms with van der Waals surface area (Å²) in [6, 6.07) is 31.3. The number of carbonyl (C=O) groups is 2. The Balaban J connectivity index is 1.30. The van der Waals surface area contributed by atoms with E-state index in [9.17, 15) is 9.59 Å². The van der Waals surface area contributed by atoms with Gasteiger partial charge in [0.15, 0.2) is 9.84 Å². The van der Waals surface area contributed by atoms with Gasteiger partial charge in [-0.2, -0.15) is 0 Å². The fraction of sp³-hybridized carbons (Fsp3) is 0.323. The molecule has 2 atom stereocenters. The van der Waals surface area contributed by atoms with Gasteiger partial charge in [0, 0.05) is 88.0 Å². The number of anilines is 4. The Morgan fingerprint density at radius 3 is 1.10 bits per heavy atom. The quantitative estimate of drug-likeness (QED) is 0.0656. The van der Waals surface area contributed by atoms with Gasteiger partial charge in [0.2, 0.25) is 0 Å². The maximum absolute atomic E-state index is 16.5. The summed E-state index contributed by atoms with van der Waals surface area (Å²) in [6.45, 7) is 6.26. The van der Waals surface area contributed by atoms with Crippen molar-refractivity contribution in [3.8, 4) is 46.0 Å². The second kappa shape index (κ2) is 26.7. The molecular weight excluding hydrogens is 1050 g/mol. The summed E-state index contributed by atoms with van der Waals surface area (Å²) < 4.78 is 79.1. The Morgan fingerprint density at radius 1 is 0.444 bits per heavy atom. The molecule has 2 aliphatic heterocycles. The van der Waals surface area contributed by atoms with Crippen molar-refractivity contribution in [2.75, 3.05) is 144 Å². The molecule has 2 saturated heterocycles. The van der Waals surface area contributed by atoms with E-state index in [1.807, 2.05) is 36.4 Å². The molecule has 0 aromatic heterocycles. The highest BCUT2D eigenvalue weighted by Crippen LogP contribution is 2.44. The maximum Gasteiger partial charge on any atom is 0.257 e. The third-order valence-electron chi connectivity index (χ3n) is 14.7. The van der Waals surface area contributed by atoms with Crippen molar-refractivity contribution in [2.24, 2.45) is 0 Å². The molecule has 18 nitrogen and oxygen atoms in total. The molecule has 428 valence electrons. The van der Waals surface area contributed by atoms with Gasteiger partial charge in [-0.15, -0.1) is 0 Å². The molecule has 81 heavy (non-hydrogen) atoms. The van der Waals surface area contributed by atoms with Gasteiger partial charge in [-0.1, -0.05) is 48.6 Å². The van der Waals surface area contributed by atoms with E-state index in [1.165, 1.54) is 56.9 Å². The first-order valence-electron chi connectivity index (χ1n) is 26.4. The Morgan fingerprint density at radius 2 is 0.778 bits per heavy atom. The van der Waals surface area contributed by atoms with Gasteiger partial charge in [-0.05, 0) is 85.9 Å². The van der Waals surface area contributed by atoms with E-state index < -0.39 is 32.2 Å². The molecule has 0 saturated carbocycles. The molecular formula is C62H72N6O12S. The maximum atomic E-state index is 16.5. The number of carbonyl (C=O) groups excluding carboxylic acids is 2. The number of ether oxygens (including phenoxy) is 8. The monoisotopic (exact) mass is 1120 g/mol. The average molecular weight is 1130 g/mol. The number of hydrogen-bond acceptors (Lipinski definition) is 16. The van der Waals surface area contributed by atoms with Gasteiger partial charge < -0.3 is 68.1 Å². The van der Waals surface area contributed by atoms with Crippen molar-refractivity contribution < 1.29 is 55.9 Å². The second-order valence-corrected chi connectivity index (χ2v) is 21.7. The fourth-order valence-electron chi connectivity index (χ4n) is 10.1. The van der Waals surface area contributed by atoms with Crippen LogP contribution in [0, 0.1) is 0 Å². The number of methoxy groups -OCH3 is 8. The zero-order valence-corrected chi connectivity index (χ0v) is 48.4. The minimum Gasteiger partial charge on any atom is -0.496 e. The van der Waals surface area contributed by atoms with Crippen molar-refractivity contribution in [1.29, 1.82) is 0 Å². The summed E-state index contributed by atoms with van der Waals surface area (Å²) in [4.78, 5) is 38.0. The van der Waals surface area contributed by atoms with Crippen LogP contribution in [0.1, 0.15) is 53.5 Å². The van der Waals surface area contributed by atoms with E-state index in [-0.39, 0.29) is 22.5 Å². The molecule has 0 aliphatic carbocycles. The summed E-state index contributed by atoms with van der Waals surface area (Å²) in [5.41, 5.74) is 4.28. The van der Waals surface area contributed by atoms with Gasteiger partial charge >= 0.3 is 0 Å². The van der Waals surface area contributed by atoms with E-state index in [0.717, 1.165) is 63.7 Å². The van der Waals surface area contributed by atoms with Crippen LogP contribution in [0.15, 0.2) is 121 Å². The lowest BCUT2D eigenvalue weighted by atomic mass is 10.1. The topological polar surface area (TPSA) is 179 Å². The summed E-state index contributed by atoms with van der Waals surface area (Å²) in [6.07, 6.45) is 6.36. The van der Waals surface area contributed by atoms with Gasteiger partial charge in [-0.3, -0.25) is 9.59 Å². The van der Waals surface area contributed by atoms with E-state index in [0.29, 0.717) is 68.2 Å². The summed E-state index contributed by atoms with van der Waals surface area (Å²) in [5, 5.41) is 3.17. The van der Waals surface area contributed by atoms with E-state index >= 15 is 8.42 Å². The average Bonchev–Trinajstić information content (AvgIpc) is 3.50. The molecule has 6 aromatic rings. The van der Waals surface area contributed by atoms with E-state index in [2.05, 4.69) is 44.3 Å². The van der Waals surface area contributed by atoms with Crippen LogP contribution in [-0.4, -0.2) is 153 Å². The lowest BCUT2D eigenvalue weighted by Crippen LogP contribution is -2.45. The molecule has 2 amide bonds. The van der Waals surface area contributed by atoms with Crippen molar-refractivity contribution >= 4 is 56.6 Å². The highest BCUT2D eigenvalue weighted by molar-refractivity contribution is 7.92. The number of sulfone groups is 1. The zero-order chi connectivity index (χ0) is 57.8. The molecule has 6 aromatic carbocycles. The largest absolute Gasteiger partial charge is 0.496 e. The normalized spacial score (nSPS) is 15.0. The number of nitrogens with one attached hydrogen (secondary N) is 2. The standard InChI is InChI=1S/C62H72N6O12S/c1-65-27-31-67(32-28-65)51-17-13-11-15-45(51)61(69)63-49-35-41(19-23-53(49)75-5)59(25-21-47-55(77-7)37-43(73-3)38-56(47)78-8)81(71,72)60(26-22-48-57(79-9)39-44(74-4)40-58(48)80-10)42-20-24-54(76-6)50(36-42)64-62(70)46-16-12-14-18-52(46)68-33-29-66(2)30-34-68/h11-26,35-40,59-60H,27-34H2,1-10H3,(H,63,69)(H,64,70). The molecule has 2 fully saturated rings. The lowest BCUT2D eigenvalue weighted by molar-refractivity contribution is 0.101. The number of rotatable bonds is 22. The molecule has 2 N–H and O–H groups in total. The second-order valence-electron chi connectivity index (χ2n) is 19.5. The smallest absolute Gasteiger partial charge is 0.257 e. The first-order chi connectivity index (χ1) is 39.2. The number of benzene rings is 6. The molecule has 19 heteroatoms. The van der Waals surface area contributed by atoms with Crippen LogP contribution in [-0.2, 0) is 9.84 Å². The Kier molecular flexibility index (Phi) is 19.4. The van der Waals surface area contributed by atoms with Crippen molar-refractivity contribution in [1.82, 2.24) is 9.80 Å². The Hall–Kier alpha value is -8.39. The SMILES string of the molecule is COc1cc(OC)c(C=CC(c2ccc(OC)c(NC(=O)c3ccccc3N3CCN(C)CC3)c2)S(=O)(=O)C(C=Cc2c(OC)cc(OC)cc2OC)c2ccc(OC)c(NC(=O)c3ccccc3N3CCN(C)CC3)c2)c(OC)c1. The number of hydrogen-bond donors (Lipinski definition) is 2. The molecule has 2 unspecified atom stereocenters. The number of para-hydroxylation sites is 2. The van der Waals surface area contributed by atoms with Crippen LogP contribution in [0.2, 0.25) is 0 Å². The fourth-order valence-corrected chi connectivity index (χ4v) is 12.1. The minimum absolute atomic E-state index is 0.229. The van der Waals surface area contributed by atoms with Crippen molar-refractivity contribution in [3.63, 3.8) is 0 Å². The van der Waals surface area contributed by atoms with E-state index in [1.54, 1.807) is 97.1 Å². The molecule has 0 bridgehead atoms. The summed E-state index contributed by atoms with van der Waals surface area (Å²) in [5.74, 6) is 2.06.